The zero-order valence-electron chi connectivity index (χ0n) is 13.2. The summed E-state index contributed by atoms with van der Waals surface area (Å²) >= 11 is 0. The Morgan fingerprint density at radius 3 is 2.96 bits per heavy atom. The molecular weight excluding hydrogens is 296 g/mol. The number of aliphatic hydroxyl groups excluding tert-OH is 1. The lowest BCUT2D eigenvalue weighted by Gasteiger charge is -2.17. The monoisotopic (exact) mass is 318 g/mol. The number of hydrogen-bond donors (Lipinski definition) is 2. The second-order valence-electron chi connectivity index (χ2n) is 5.90. The van der Waals surface area contributed by atoms with E-state index in [0.29, 0.717) is 26.2 Å². The highest BCUT2D eigenvalue weighted by atomic mass is 16.3. The van der Waals surface area contributed by atoms with Crippen molar-refractivity contribution >= 4 is 6.03 Å². The van der Waals surface area contributed by atoms with Crippen LogP contribution in [-0.4, -0.2) is 61.8 Å². The van der Waals surface area contributed by atoms with Gasteiger partial charge >= 0.3 is 6.03 Å². The minimum atomic E-state index is -0.0954. The summed E-state index contributed by atoms with van der Waals surface area (Å²) in [4.78, 5) is 14.1. The number of aliphatic hydroxyl groups is 1. The van der Waals surface area contributed by atoms with Crippen LogP contribution in [0.15, 0.2) is 30.9 Å². The number of hydrogen-bond acceptors (Lipinski definition) is 4. The molecule has 0 saturated carbocycles. The predicted molar refractivity (Wildman–Crippen MR) is 83.7 cm³/mol. The highest BCUT2D eigenvalue weighted by molar-refractivity contribution is 5.74. The van der Waals surface area contributed by atoms with Gasteiger partial charge in [0.15, 0.2) is 0 Å². The Morgan fingerprint density at radius 1 is 1.43 bits per heavy atom. The Kier molecular flexibility index (Phi) is 4.61. The Labute approximate surface area is 134 Å². The Morgan fingerprint density at radius 2 is 2.30 bits per heavy atom. The maximum atomic E-state index is 12.3. The molecule has 2 N–H and O–H groups in total. The minimum absolute atomic E-state index is 0.0519. The van der Waals surface area contributed by atoms with Crippen molar-refractivity contribution < 1.29 is 9.90 Å². The first-order valence-electron chi connectivity index (χ1n) is 7.77. The number of aryl methyl sites for hydroxylation is 1. The smallest absolute Gasteiger partial charge is 0.317 e. The lowest BCUT2D eigenvalue weighted by Crippen LogP contribution is -2.40. The van der Waals surface area contributed by atoms with Gasteiger partial charge in [-0.1, -0.05) is 0 Å². The largest absolute Gasteiger partial charge is 0.396 e. The third kappa shape index (κ3) is 3.53. The van der Waals surface area contributed by atoms with Gasteiger partial charge in [-0.2, -0.15) is 10.2 Å². The van der Waals surface area contributed by atoms with Crippen LogP contribution in [0, 0.1) is 5.92 Å². The van der Waals surface area contributed by atoms with E-state index < -0.39 is 0 Å². The SMILES string of the molecule is Cn1cc([C@@H]2CN(C(=O)NCCn3cccn3)C[C@H]2CO)cn1. The van der Waals surface area contributed by atoms with Crippen molar-refractivity contribution in [3.05, 3.63) is 36.4 Å². The summed E-state index contributed by atoms with van der Waals surface area (Å²) in [7, 11) is 1.87. The number of aromatic nitrogens is 4. The molecule has 0 aromatic carbocycles. The number of nitrogens with one attached hydrogen (secondary N) is 1. The van der Waals surface area contributed by atoms with Gasteiger partial charge in [-0.05, 0) is 11.6 Å². The molecule has 124 valence electrons. The van der Waals surface area contributed by atoms with Gasteiger partial charge in [0.05, 0.1) is 12.7 Å². The molecule has 1 aliphatic heterocycles. The molecule has 8 nitrogen and oxygen atoms in total. The van der Waals surface area contributed by atoms with Crippen molar-refractivity contribution in [2.75, 3.05) is 26.2 Å². The van der Waals surface area contributed by atoms with Crippen molar-refractivity contribution in [3.8, 4) is 0 Å². The number of rotatable bonds is 5. The molecule has 1 fully saturated rings. The van der Waals surface area contributed by atoms with Gasteiger partial charge in [0.2, 0.25) is 0 Å². The third-order valence-corrected chi connectivity index (χ3v) is 4.29. The number of carbonyl (C=O) groups excluding carboxylic acids is 1. The third-order valence-electron chi connectivity index (χ3n) is 4.29. The van der Waals surface area contributed by atoms with Gasteiger partial charge in [-0.15, -0.1) is 0 Å². The summed E-state index contributed by atoms with van der Waals surface area (Å²) in [5.74, 6) is 0.182. The van der Waals surface area contributed by atoms with E-state index in [-0.39, 0.29) is 24.5 Å². The average molecular weight is 318 g/mol. The zero-order chi connectivity index (χ0) is 16.2. The summed E-state index contributed by atoms with van der Waals surface area (Å²) in [6, 6.07) is 1.76. The number of nitrogens with zero attached hydrogens (tertiary/aromatic N) is 5. The Hall–Kier alpha value is -2.35. The maximum Gasteiger partial charge on any atom is 0.317 e. The maximum absolute atomic E-state index is 12.3. The standard InChI is InChI=1S/C15H22N6O2/c1-19-8-12(7-18-19)14-10-20(9-13(14)11-22)15(23)16-4-6-21-5-2-3-17-21/h2-3,5,7-8,13-14,22H,4,6,9-11H2,1H3,(H,16,23)/t13-,14-/m0/s1. The van der Waals surface area contributed by atoms with Crippen molar-refractivity contribution in [2.45, 2.75) is 12.5 Å². The van der Waals surface area contributed by atoms with Crippen molar-refractivity contribution in [3.63, 3.8) is 0 Å². The molecule has 0 spiro atoms. The molecule has 2 aromatic rings. The van der Waals surface area contributed by atoms with E-state index in [1.54, 1.807) is 20.5 Å². The topological polar surface area (TPSA) is 88.2 Å². The molecule has 0 bridgehead atoms. The summed E-state index contributed by atoms with van der Waals surface area (Å²) in [5.41, 5.74) is 1.07. The van der Waals surface area contributed by atoms with Gasteiger partial charge < -0.3 is 15.3 Å². The summed E-state index contributed by atoms with van der Waals surface area (Å²) in [6.45, 7) is 2.39. The molecule has 0 radical (unpaired) electrons. The van der Waals surface area contributed by atoms with Crippen LogP contribution in [0.2, 0.25) is 0 Å². The van der Waals surface area contributed by atoms with Crippen LogP contribution in [0.25, 0.3) is 0 Å². The number of urea groups is 1. The number of amides is 2. The van der Waals surface area contributed by atoms with Crippen molar-refractivity contribution in [1.82, 2.24) is 29.8 Å². The van der Waals surface area contributed by atoms with E-state index in [1.165, 1.54) is 0 Å². The second-order valence-corrected chi connectivity index (χ2v) is 5.90. The minimum Gasteiger partial charge on any atom is -0.396 e. The fourth-order valence-corrected chi connectivity index (χ4v) is 3.05. The molecule has 2 aromatic heterocycles. The first-order valence-corrected chi connectivity index (χ1v) is 7.77. The predicted octanol–water partition coefficient (Wildman–Crippen LogP) is 0.0341. The van der Waals surface area contributed by atoms with Crippen LogP contribution >= 0.6 is 0 Å². The van der Waals surface area contributed by atoms with E-state index in [1.807, 2.05) is 31.7 Å². The van der Waals surface area contributed by atoms with Gasteiger partial charge in [0.1, 0.15) is 0 Å². The van der Waals surface area contributed by atoms with Crippen LogP contribution in [0.4, 0.5) is 4.79 Å². The van der Waals surface area contributed by atoms with Gasteiger partial charge in [-0.3, -0.25) is 9.36 Å². The molecule has 1 saturated heterocycles. The summed E-state index contributed by atoms with van der Waals surface area (Å²) in [5, 5.41) is 20.8. The molecule has 0 aliphatic carbocycles. The van der Waals surface area contributed by atoms with Crippen LogP contribution in [0.1, 0.15) is 11.5 Å². The summed E-state index contributed by atoms with van der Waals surface area (Å²) < 4.78 is 3.52. The molecule has 3 heterocycles. The second kappa shape index (κ2) is 6.82. The van der Waals surface area contributed by atoms with Crippen LogP contribution in [-0.2, 0) is 13.6 Å². The quantitative estimate of drug-likeness (QED) is 0.814. The summed E-state index contributed by atoms with van der Waals surface area (Å²) in [6.07, 6.45) is 7.34. The first-order chi connectivity index (χ1) is 11.2. The van der Waals surface area contributed by atoms with Crippen LogP contribution in [0.5, 0.6) is 0 Å². The van der Waals surface area contributed by atoms with Crippen molar-refractivity contribution in [1.29, 1.82) is 0 Å². The van der Waals surface area contributed by atoms with E-state index in [9.17, 15) is 9.90 Å². The average Bonchev–Trinajstić information content (AvgIpc) is 3.26. The molecule has 2 atom stereocenters. The molecule has 2 amide bonds. The van der Waals surface area contributed by atoms with Gasteiger partial charge in [0, 0.05) is 63.7 Å². The molecule has 0 unspecified atom stereocenters. The lowest BCUT2D eigenvalue weighted by atomic mass is 9.92. The zero-order valence-corrected chi connectivity index (χ0v) is 13.2. The van der Waals surface area contributed by atoms with E-state index >= 15 is 0 Å². The highest BCUT2D eigenvalue weighted by Gasteiger charge is 2.36. The molecule has 8 heteroatoms. The van der Waals surface area contributed by atoms with E-state index in [2.05, 4.69) is 15.5 Å². The molecule has 3 rings (SSSR count). The number of likely N-dealkylation sites (tertiary alicyclic amines) is 1. The highest BCUT2D eigenvalue weighted by Crippen LogP contribution is 2.32. The Bertz CT molecular complexity index is 638. The van der Waals surface area contributed by atoms with Crippen molar-refractivity contribution in [2.24, 2.45) is 13.0 Å². The number of carbonyl (C=O) groups is 1. The van der Waals surface area contributed by atoms with Gasteiger partial charge in [0.25, 0.3) is 0 Å². The normalized spacial score (nSPS) is 20.9. The fraction of sp³-hybridized carbons (Fsp3) is 0.533. The molecule has 23 heavy (non-hydrogen) atoms. The lowest BCUT2D eigenvalue weighted by molar-refractivity contribution is 0.197. The fourth-order valence-electron chi connectivity index (χ4n) is 3.05. The molecule has 1 aliphatic rings. The van der Waals surface area contributed by atoms with E-state index in [0.717, 1.165) is 5.56 Å². The van der Waals surface area contributed by atoms with Crippen LogP contribution < -0.4 is 5.32 Å². The van der Waals surface area contributed by atoms with Gasteiger partial charge in [-0.25, -0.2) is 4.79 Å². The first kappa shape index (κ1) is 15.5. The van der Waals surface area contributed by atoms with Crippen LogP contribution in [0.3, 0.4) is 0 Å². The van der Waals surface area contributed by atoms with E-state index in [4.69, 9.17) is 0 Å². The molecular formula is C15H22N6O2. The Balaban J connectivity index is 1.54.